The number of piperazine rings is 1. The summed E-state index contributed by atoms with van der Waals surface area (Å²) >= 11 is 3.37. The van der Waals surface area contributed by atoms with E-state index in [4.69, 9.17) is 4.74 Å². The zero-order chi connectivity index (χ0) is 19.4. The first-order chi connectivity index (χ1) is 12.9. The first-order valence-corrected chi connectivity index (χ1v) is 9.76. The third-order valence-electron chi connectivity index (χ3n) is 4.69. The predicted octanol–water partition coefficient (Wildman–Crippen LogP) is 3.43. The van der Waals surface area contributed by atoms with Gasteiger partial charge in [-0.05, 0) is 49.7 Å². The van der Waals surface area contributed by atoms with Crippen molar-refractivity contribution in [2.45, 2.75) is 13.8 Å². The molecule has 0 saturated carbocycles. The summed E-state index contributed by atoms with van der Waals surface area (Å²) in [7, 11) is 0. The van der Waals surface area contributed by atoms with Gasteiger partial charge in [-0.25, -0.2) is 0 Å². The summed E-state index contributed by atoms with van der Waals surface area (Å²) in [5, 5.41) is 0. The van der Waals surface area contributed by atoms with Gasteiger partial charge in [-0.3, -0.25) is 9.59 Å². The molecule has 6 heteroatoms. The van der Waals surface area contributed by atoms with Crippen molar-refractivity contribution < 1.29 is 14.3 Å². The van der Waals surface area contributed by atoms with Gasteiger partial charge in [0.2, 0.25) is 0 Å². The quantitative estimate of drug-likeness (QED) is 0.746. The van der Waals surface area contributed by atoms with Crippen LogP contribution >= 0.6 is 15.9 Å². The van der Waals surface area contributed by atoms with Crippen molar-refractivity contribution in [1.82, 2.24) is 9.80 Å². The van der Waals surface area contributed by atoms with Crippen LogP contribution in [-0.4, -0.2) is 54.4 Å². The number of nitrogens with zero attached hydrogens (tertiary/aromatic N) is 2. The number of halogens is 1. The van der Waals surface area contributed by atoms with E-state index in [1.807, 2.05) is 56.3 Å². The lowest BCUT2D eigenvalue weighted by Crippen LogP contribution is -2.51. The van der Waals surface area contributed by atoms with Crippen molar-refractivity contribution >= 4 is 27.7 Å². The molecule has 1 fully saturated rings. The molecule has 0 atom stereocenters. The normalized spacial score (nSPS) is 14.2. The van der Waals surface area contributed by atoms with Crippen molar-refractivity contribution in [1.29, 1.82) is 0 Å². The number of rotatable bonds is 4. The summed E-state index contributed by atoms with van der Waals surface area (Å²) in [6, 6.07) is 13.2. The second-order valence-corrected chi connectivity index (χ2v) is 7.65. The van der Waals surface area contributed by atoms with Gasteiger partial charge in [0.25, 0.3) is 11.8 Å². The molecule has 0 spiro atoms. The fourth-order valence-corrected chi connectivity index (χ4v) is 3.39. The van der Waals surface area contributed by atoms with Gasteiger partial charge in [0.15, 0.2) is 6.61 Å². The van der Waals surface area contributed by atoms with Gasteiger partial charge in [-0.2, -0.15) is 0 Å². The Morgan fingerprint density at radius 3 is 2.22 bits per heavy atom. The number of hydrogen-bond donors (Lipinski definition) is 0. The molecular weight excluding hydrogens is 408 g/mol. The van der Waals surface area contributed by atoms with E-state index in [1.165, 1.54) is 0 Å². The molecule has 1 aliphatic rings. The van der Waals surface area contributed by atoms with E-state index in [2.05, 4.69) is 15.9 Å². The second-order valence-electron chi connectivity index (χ2n) is 6.74. The Bertz CT molecular complexity index is 828. The summed E-state index contributed by atoms with van der Waals surface area (Å²) in [6.45, 7) is 6.13. The van der Waals surface area contributed by atoms with Gasteiger partial charge < -0.3 is 14.5 Å². The van der Waals surface area contributed by atoms with E-state index in [-0.39, 0.29) is 18.4 Å². The van der Waals surface area contributed by atoms with E-state index in [0.29, 0.717) is 31.7 Å². The van der Waals surface area contributed by atoms with Crippen molar-refractivity contribution in [2.75, 3.05) is 32.8 Å². The number of benzene rings is 2. The second kappa shape index (κ2) is 8.57. The molecule has 1 aliphatic heterocycles. The minimum Gasteiger partial charge on any atom is -0.484 e. The Morgan fingerprint density at radius 2 is 1.59 bits per heavy atom. The Kier molecular flexibility index (Phi) is 6.16. The minimum atomic E-state index is -0.0503. The maximum absolute atomic E-state index is 12.5. The Labute approximate surface area is 168 Å². The SMILES string of the molecule is Cc1ccc(OCC(=O)N2CCN(C(=O)c3ccc(Br)cc3)CC2)c(C)c1. The van der Waals surface area contributed by atoms with Crippen LogP contribution in [0.2, 0.25) is 0 Å². The number of carbonyl (C=O) groups is 2. The maximum atomic E-state index is 12.5. The topological polar surface area (TPSA) is 49.9 Å². The Morgan fingerprint density at radius 1 is 0.963 bits per heavy atom. The van der Waals surface area contributed by atoms with Crippen molar-refractivity contribution in [3.8, 4) is 5.75 Å². The molecule has 0 aliphatic carbocycles. The lowest BCUT2D eigenvalue weighted by atomic mass is 10.1. The number of hydrogen-bond acceptors (Lipinski definition) is 3. The lowest BCUT2D eigenvalue weighted by molar-refractivity contribution is -0.134. The number of amides is 2. The van der Waals surface area contributed by atoms with Crippen LogP contribution in [0.25, 0.3) is 0 Å². The smallest absolute Gasteiger partial charge is 0.260 e. The molecule has 0 aromatic heterocycles. The molecule has 0 radical (unpaired) electrons. The highest BCUT2D eigenvalue weighted by atomic mass is 79.9. The van der Waals surface area contributed by atoms with Crippen LogP contribution < -0.4 is 4.74 Å². The maximum Gasteiger partial charge on any atom is 0.260 e. The lowest BCUT2D eigenvalue weighted by Gasteiger charge is -2.34. The van der Waals surface area contributed by atoms with E-state index in [9.17, 15) is 9.59 Å². The molecule has 2 aromatic carbocycles. The largest absolute Gasteiger partial charge is 0.484 e. The highest BCUT2D eigenvalue weighted by Gasteiger charge is 2.25. The van der Waals surface area contributed by atoms with E-state index in [1.54, 1.807) is 9.80 Å². The zero-order valence-corrected chi connectivity index (χ0v) is 17.2. The van der Waals surface area contributed by atoms with Gasteiger partial charge >= 0.3 is 0 Å². The number of carbonyl (C=O) groups excluding carboxylic acids is 2. The summed E-state index contributed by atoms with van der Waals surface area (Å²) in [4.78, 5) is 28.5. The molecule has 0 unspecified atom stereocenters. The first kappa shape index (κ1) is 19.4. The molecule has 2 aromatic rings. The molecular formula is C21H23BrN2O3. The molecule has 0 bridgehead atoms. The standard InChI is InChI=1S/C21H23BrN2O3/c1-15-3-8-19(16(2)13-15)27-14-20(25)23-9-11-24(12-10-23)21(26)17-4-6-18(22)7-5-17/h3-8,13H,9-12,14H2,1-2H3. The molecule has 3 rings (SSSR count). The third-order valence-corrected chi connectivity index (χ3v) is 5.22. The molecule has 2 amide bonds. The summed E-state index contributed by atoms with van der Waals surface area (Å²) in [5.74, 6) is 0.685. The van der Waals surface area contributed by atoms with Gasteiger partial charge in [0.1, 0.15) is 5.75 Å². The number of aryl methyl sites for hydroxylation is 2. The highest BCUT2D eigenvalue weighted by molar-refractivity contribution is 9.10. The molecule has 5 nitrogen and oxygen atoms in total. The van der Waals surface area contributed by atoms with Gasteiger partial charge in [0.05, 0.1) is 0 Å². The van der Waals surface area contributed by atoms with E-state index in [0.717, 1.165) is 21.3 Å². The molecule has 1 saturated heterocycles. The Balaban J connectivity index is 1.50. The van der Waals surface area contributed by atoms with Crippen molar-refractivity contribution in [3.63, 3.8) is 0 Å². The average molecular weight is 431 g/mol. The Hall–Kier alpha value is -2.34. The summed E-state index contributed by atoms with van der Waals surface area (Å²) in [6.07, 6.45) is 0. The molecule has 1 heterocycles. The number of ether oxygens (including phenoxy) is 1. The van der Waals surface area contributed by atoms with Crippen LogP contribution in [0.15, 0.2) is 46.9 Å². The van der Waals surface area contributed by atoms with Gasteiger partial charge in [-0.15, -0.1) is 0 Å². The predicted molar refractivity (Wildman–Crippen MR) is 108 cm³/mol. The van der Waals surface area contributed by atoms with Crippen LogP contribution in [0, 0.1) is 13.8 Å². The fourth-order valence-electron chi connectivity index (χ4n) is 3.13. The summed E-state index contributed by atoms with van der Waals surface area (Å²) in [5.41, 5.74) is 2.85. The molecule has 27 heavy (non-hydrogen) atoms. The monoisotopic (exact) mass is 430 g/mol. The van der Waals surface area contributed by atoms with E-state index >= 15 is 0 Å². The van der Waals surface area contributed by atoms with Crippen LogP contribution in [0.3, 0.4) is 0 Å². The summed E-state index contributed by atoms with van der Waals surface area (Å²) < 4.78 is 6.63. The van der Waals surface area contributed by atoms with Gasteiger partial charge in [0, 0.05) is 36.2 Å². The van der Waals surface area contributed by atoms with Crippen LogP contribution in [-0.2, 0) is 4.79 Å². The average Bonchev–Trinajstić information content (AvgIpc) is 2.67. The minimum absolute atomic E-state index is 0.00105. The molecule has 142 valence electrons. The zero-order valence-electron chi connectivity index (χ0n) is 15.6. The fraction of sp³-hybridized carbons (Fsp3) is 0.333. The van der Waals surface area contributed by atoms with Crippen LogP contribution in [0.1, 0.15) is 21.5 Å². The van der Waals surface area contributed by atoms with Crippen molar-refractivity contribution in [2.24, 2.45) is 0 Å². The highest BCUT2D eigenvalue weighted by Crippen LogP contribution is 2.19. The van der Waals surface area contributed by atoms with Gasteiger partial charge in [-0.1, -0.05) is 33.6 Å². The first-order valence-electron chi connectivity index (χ1n) is 8.97. The van der Waals surface area contributed by atoms with Crippen LogP contribution in [0.5, 0.6) is 5.75 Å². The van der Waals surface area contributed by atoms with E-state index < -0.39 is 0 Å². The van der Waals surface area contributed by atoms with Crippen LogP contribution in [0.4, 0.5) is 0 Å². The van der Waals surface area contributed by atoms with Crippen molar-refractivity contribution in [3.05, 3.63) is 63.6 Å². The third kappa shape index (κ3) is 4.89. The molecule has 0 N–H and O–H groups in total.